The minimum Gasteiger partial charge on any atom is -0.267 e. The highest BCUT2D eigenvalue weighted by molar-refractivity contribution is 7.57. The van der Waals surface area contributed by atoms with E-state index < -0.39 is 18.9 Å². The number of hydrogen-bond acceptors (Lipinski definition) is 4. The zero-order valence-electron chi connectivity index (χ0n) is 33.8. The first-order chi connectivity index (χ1) is 28.9. The van der Waals surface area contributed by atoms with Crippen LogP contribution in [0.5, 0.6) is 0 Å². The Kier molecular flexibility index (Phi) is 11.4. The van der Waals surface area contributed by atoms with E-state index in [4.69, 9.17) is 23.2 Å². The minimum atomic E-state index is -0.902. The van der Waals surface area contributed by atoms with E-state index in [0.717, 1.165) is 44.5 Å². The molecule has 302 valence electrons. The van der Waals surface area contributed by atoms with Crippen LogP contribution in [0.2, 0.25) is 0 Å². The zero-order valence-corrected chi connectivity index (χ0v) is 36.2. The number of alkyl halides is 2. The third kappa shape index (κ3) is 6.96. The third-order valence-corrected chi connectivity index (χ3v) is 14.9. The Morgan fingerprint density at radius 2 is 0.700 bits per heavy atom. The fourth-order valence-corrected chi connectivity index (χ4v) is 12.1. The van der Waals surface area contributed by atoms with Gasteiger partial charge < -0.3 is 0 Å². The van der Waals surface area contributed by atoms with E-state index in [-0.39, 0.29) is 33.8 Å². The van der Waals surface area contributed by atoms with Crippen LogP contribution in [0.1, 0.15) is 67.1 Å². The van der Waals surface area contributed by atoms with Crippen LogP contribution in [0.3, 0.4) is 0 Å². The summed E-state index contributed by atoms with van der Waals surface area (Å²) in [6, 6.07) is 45.3. The minimum absolute atomic E-state index is 0.0936. The lowest BCUT2D eigenvalue weighted by Crippen LogP contribution is -2.41. The molecule has 1 aliphatic heterocycles. The number of nitrogens with zero attached hydrogens (tertiary/aromatic N) is 4. The lowest BCUT2D eigenvalue weighted by Gasteiger charge is -2.25. The molecule has 0 saturated carbocycles. The maximum Gasteiger partial charge on any atom is 0.275 e. The quantitative estimate of drug-likeness (QED) is 0.123. The molecule has 1 aliphatic rings. The Morgan fingerprint density at radius 3 is 1.03 bits per heavy atom. The Hall–Kier alpha value is -5.79. The van der Waals surface area contributed by atoms with Crippen molar-refractivity contribution in [1.29, 1.82) is 0 Å². The summed E-state index contributed by atoms with van der Waals surface area (Å²) >= 11 is 13.7. The molecular formula is C49H43Cl2N4O4P. The van der Waals surface area contributed by atoms with Crippen LogP contribution in [0.4, 0.5) is 0 Å². The molecule has 0 saturated heterocycles. The normalized spacial score (nSPS) is 16.9. The molecule has 11 heteroatoms. The first-order valence-electron chi connectivity index (χ1n) is 19.7. The van der Waals surface area contributed by atoms with Crippen molar-refractivity contribution in [3.8, 4) is 0 Å². The van der Waals surface area contributed by atoms with Crippen molar-refractivity contribution in [2.75, 3.05) is 6.66 Å². The molecule has 2 aromatic heterocycles. The predicted octanol–water partition coefficient (Wildman–Crippen LogP) is 10.4. The summed E-state index contributed by atoms with van der Waals surface area (Å²) in [6.07, 6.45) is 0. The van der Waals surface area contributed by atoms with Crippen molar-refractivity contribution in [2.45, 2.75) is 50.3 Å². The van der Waals surface area contributed by atoms with Crippen molar-refractivity contribution in [3.63, 3.8) is 0 Å². The van der Waals surface area contributed by atoms with Crippen LogP contribution in [-0.2, 0) is 0 Å². The molecule has 0 radical (unpaired) electrons. The van der Waals surface area contributed by atoms with Gasteiger partial charge in [-0.25, -0.2) is 18.7 Å². The first kappa shape index (κ1) is 41.0. The number of aryl methyl sites for hydroxylation is 4. The van der Waals surface area contributed by atoms with E-state index in [2.05, 4.69) is 44.8 Å². The predicted molar refractivity (Wildman–Crippen MR) is 247 cm³/mol. The number of aromatic nitrogens is 4. The van der Waals surface area contributed by atoms with Crippen molar-refractivity contribution in [2.24, 2.45) is 0 Å². The number of fused-ring (bicyclic) bond motifs is 3. The Bertz CT molecular complexity index is 2980. The summed E-state index contributed by atoms with van der Waals surface area (Å²) in [5.41, 5.74) is 5.09. The Balaban J connectivity index is 0.000000166. The van der Waals surface area contributed by atoms with Crippen LogP contribution in [-0.4, -0.2) is 25.4 Å². The van der Waals surface area contributed by atoms with Gasteiger partial charge in [0.2, 0.25) is 0 Å². The van der Waals surface area contributed by atoms with Gasteiger partial charge in [0.05, 0.1) is 21.5 Å². The highest BCUT2D eigenvalue weighted by atomic mass is 35.5. The molecule has 8 aromatic rings. The number of halogens is 2. The van der Waals surface area contributed by atoms with Gasteiger partial charge >= 0.3 is 0 Å². The van der Waals surface area contributed by atoms with Gasteiger partial charge in [-0.05, 0) is 111 Å². The topological polar surface area (TPSA) is 88.0 Å². The SMILES string of the molecule is Cc1ccccc1C1n2c(=O)c3ccccc3c(=O)n2C(c2ccccc2C)P1C.Cc1ccccc1[C@H](Cl)n1c(=O)c2ccccc2c(=O)n1[C@@H](Cl)c1ccccc1C. The van der Waals surface area contributed by atoms with Gasteiger partial charge in [-0.2, -0.15) is 0 Å². The number of hydrogen-bond donors (Lipinski definition) is 0. The second-order valence-corrected chi connectivity index (χ2v) is 18.3. The molecule has 0 fully saturated rings. The van der Waals surface area contributed by atoms with Crippen molar-refractivity contribution < 1.29 is 0 Å². The average Bonchev–Trinajstić information content (AvgIpc) is 3.56. The molecule has 60 heavy (non-hydrogen) atoms. The number of benzene rings is 6. The molecule has 0 aliphatic carbocycles. The van der Waals surface area contributed by atoms with Crippen LogP contribution < -0.4 is 22.2 Å². The van der Waals surface area contributed by atoms with Crippen LogP contribution >= 0.6 is 31.1 Å². The molecule has 0 spiro atoms. The van der Waals surface area contributed by atoms with E-state index in [0.29, 0.717) is 21.5 Å². The second-order valence-electron chi connectivity index (χ2n) is 15.2. The van der Waals surface area contributed by atoms with Crippen LogP contribution in [0.25, 0.3) is 21.5 Å². The molecule has 9 rings (SSSR count). The summed E-state index contributed by atoms with van der Waals surface area (Å²) in [5.74, 6) is -0.286. The van der Waals surface area contributed by atoms with Gasteiger partial charge in [0.15, 0.2) is 11.0 Å². The molecule has 6 aromatic carbocycles. The lowest BCUT2D eigenvalue weighted by atomic mass is 10.1. The summed E-state index contributed by atoms with van der Waals surface area (Å²) in [5, 5.41) is 1.61. The Labute approximate surface area is 358 Å². The molecular weight excluding hydrogens is 810 g/mol. The van der Waals surface area contributed by atoms with Crippen molar-refractivity contribution in [3.05, 3.63) is 232 Å². The third-order valence-electron chi connectivity index (χ3n) is 11.6. The molecule has 8 nitrogen and oxygen atoms in total. The number of rotatable bonds is 6. The van der Waals surface area contributed by atoms with Crippen molar-refractivity contribution >= 4 is 52.7 Å². The van der Waals surface area contributed by atoms with E-state index in [9.17, 15) is 19.2 Å². The summed E-state index contributed by atoms with van der Waals surface area (Å²) in [6.45, 7) is 10.2. The van der Waals surface area contributed by atoms with E-state index in [1.807, 2.05) is 98.8 Å². The van der Waals surface area contributed by atoms with Gasteiger partial charge in [-0.1, -0.05) is 145 Å². The standard InChI is InChI=1S/C25H23N2O2P.C24H20Cl2N2O2/c1-16-10-4-6-12-18(16)24-26-22(28)20-14-8-9-15-21(20)23(29)27(26)25(30(24)3)19-13-7-5-11-17(19)2;1-15-9-3-5-11-17(15)21(25)27-23(29)19-13-7-8-14-20(19)24(30)28(27)22(26)18-12-6-4-10-16(18)2/h4-15,24-25H,1-3H3;3-14,21-22H,1-2H3/t;21-,22-/m.1/s1. The monoisotopic (exact) mass is 852 g/mol. The summed E-state index contributed by atoms with van der Waals surface area (Å²) < 4.78 is 6.04. The fourth-order valence-electron chi connectivity index (χ4n) is 8.39. The first-order valence-corrected chi connectivity index (χ1v) is 22.5. The van der Waals surface area contributed by atoms with Gasteiger partial charge in [-0.15, -0.1) is 0 Å². The smallest absolute Gasteiger partial charge is 0.267 e. The maximum absolute atomic E-state index is 13.7. The van der Waals surface area contributed by atoms with Gasteiger partial charge in [0.25, 0.3) is 22.2 Å². The van der Waals surface area contributed by atoms with Gasteiger partial charge in [0.1, 0.15) is 11.6 Å². The fraction of sp³-hybridized carbons (Fsp3) is 0.184. The highest BCUT2D eigenvalue weighted by Gasteiger charge is 2.42. The lowest BCUT2D eigenvalue weighted by molar-refractivity contribution is 0.448. The highest BCUT2D eigenvalue weighted by Crippen LogP contribution is 2.64. The molecule has 2 unspecified atom stereocenters. The zero-order chi connectivity index (χ0) is 42.4. The maximum atomic E-state index is 13.7. The molecule has 0 amide bonds. The van der Waals surface area contributed by atoms with Crippen LogP contribution in [0.15, 0.2) is 165 Å². The molecule has 0 bridgehead atoms. The van der Waals surface area contributed by atoms with E-state index in [1.165, 1.54) is 9.36 Å². The van der Waals surface area contributed by atoms with Crippen LogP contribution in [0, 0.1) is 27.7 Å². The van der Waals surface area contributed by atoms with E-state index >= 15 is 0 Å². The largest absolute Gasteiger partial charge is 0.275 e. The summed E-state index contributed by atoms with van der Waals surface area (Å²) in [4.78, 5) is 54.4. The second kappa shape index (κ2) is 16.7. The van der Waals surface area contributed by atoms with E-state index in [1.54, 1.807) is 45.8 Å². The summed E-state index contributed by atoms with van der Waals surface area (Å²) in [7, 11) is -0.773. The Morgan fingerprint density at radius 1 is 0.417 bits per heavy atom. The molecule has 4 atom stereocenters. The average molecular weight is 854 g/mol. The van der Waals surface area contributed by atoms with Gasteiger partial charge in [-0.3, -0.25) is 19.2 Å². The van der Waals surface area contributed by atoms with Gasteiger partial charge in [0, 0.05) is 0 Å². The molecule has 3 heterocycles. The molecule has 0 N–H and O–H groups in total. The van der Waals surface area contributed by atoms with Crippen molar-refractivity contribution in [1.82, 2.24) is 18.7 Å².